The van der Waals surface area contributed by atoms with Gasteiger partial charge >= 0.3 is 0 Å². The first-order valence-electron chi connectivity index (χ1n) is 9.11. The number of fused-ring (bicyclic) bond motifs is 1. The Morgan fingerprint density at radius 2 is 1.67 bits per heavy atom. The van der Waals surface area contributed by atoms with Gasteiger partial charge in [-0.05, 0) is 36.4 Å². The maximum absolute atomic E-state index is 13.8. The molecule has 0 aliphatic rings. The van der Waals surface area contributed by atoms with Crippen molar-refractivity contribution in [1.29, 1.82) is 0 Å². The Morgan fingerprint density at radius 3 is 2.47 bits per heavy atom. The molecule has 3 aromatic carbocycles. The van der Waals surface area contributed by atoms with Crippen LogP contribution in [0, 0.1) is 5.82 Å². The predicted octanol–water partition coefficient (Wildman–Crippen LogP) is 5.61. The van der Waals surface area contributed by atoms with E-state index in [1.165, 1.54) is 16.7 Å². The summed E-state index contributed by atoms with van der Waals surface area (Å²) < 4.78 is 21.6. The molecule has 5 nitrogen and oxygen atoms in total. The maximum Gasteiger partial charge on any atom is 0.262 e. The van der Waals surface area contributed by atoms with Crippen LogP contribution in [-0.4, -0.2) is 14.7 Å². The lowest BCUT2D eigenvalue weighted by Crippen LogP contribution is -2.18. The Kier molecular flexibility index (Phi) is 4.52. The van der Waals surface area contributed by atoms with E-state index in [4.69, 9.17) is 4.52 Å². The standard InChI is InChI=1S/C23H13BrFN3O2/c24-20-11-4-3-10-18(20)21-26-22(30-27-21)19-13-28(15-7-5-6-14(25)12-15)23(29)17-9-2-1-8-16(17)19/h1-13H. The first-order valence-corrected chi connectivity index (χ1v) is 9.90. The summed E-state index contributed by atoms with van der Waals surface area (Å²) in [5.41, 5.74) is 1.53. The van der Waals surface area contributed by atoms with Gasteiger partial charge in [0, 0.05) is 27.0 Å². The molecule has 0 fully saturated rings. The Hall–Kier alpha value is -3.58. The summed E-state index contributed by atoms with van der Waals surface area (Å²) in [5.74, 6) is 0.260. The van der Waals surface area contributed by atoms with Gasteiger partial charge in [-0.2, -0.15) is 4.98 Å². The third kappa shape index (κ3) is 3.13. The van der Waals surface area contributed by atoms with Crippen LogP contribution in [0.2, 0.25) is 0 Å². The van der Waals surface area contributed by atoms with Gasteiger partial charge in [0.2, 0.25) is 5.82 Å². The second kappa shape index (κ2) is 7.35. The van der Waals surface area contributed by atoms with Crippen LogP contribution in [0.5, 0.6) is 0 Å². The molecular formula is C23H13BrFN3O2. The van der Waals surface area contributed by atoms with Crippen molar-refractivity contribution in [2.24, 2.45) is 0 Å². The van der Waals surface area contributed by atoms with Crippen molar-refractivity contribution in [3.63, 3.8) is 0 Å². The third-order valence-electron chi connectivity index (χ3n) is 4.78. The van der Waals surface area contributed by atoms with Gasteiger partial charge in [0.1, 0.15) is 5.82 Å². The maximum atomic E-state index is 13.8. The molecule has 0 bridgehead atoms. The summed E-state index contributed by atoms with van der Waals surface area (Å²) in [7, 11) is 0. The van der Waals surface area contributed by atoms with Crippen LogP contribution in [0.4, 0.5) is 4.39 Å². The van der Waals surface area contributed by atoms with Crippen molar-refractivity contribution in [3.8, 4) is 28.5 Å². The molecule has 30 heavy (non-hydrogen) atoms. The van der Waals surface area contributed by atoms with Crippen molar-refractivity contribution in [2.75, 3.05) is 0 Å². The van der Waals surface area contributed by atoms with Gasteiger partial charge in [0.15, 0.2) is 0 Å². The van der Waals surface area contributed by atoms with Gasteiger partial charge in [0.25, 0.3) is 11.4 Å². The molecule has 0 amide bonds. The van der Waals surface area contributed by atoms with Crippen LogP contribution >= 0.6 is 15.9 Å². The van der Waals surface area contributed by atoms with Gasteiger partial charge in [-0.15, -0.1) is 0 Å². The lowest BCUT2D eigenvalue weighted by atomic mass is 10.1. The van der Waals surface area contributed by atoms with Crippen molar-refractivity contribution in [3.05, 3.63) is 99.6 Å². The zero-order valence-electron chi connectivity index (χ0n) is 15.4. The Labute approximate surface area is 178 Å². The molecule has 0 aliphatic carbocycles. The zero-order valence-corrected chi connectivity index (χ0v) is 17.0. The molecule has 0 saturated carbocycles. The molecule has 2 aromatic heterocycles. The number of aromatic nitrogens is 3. The molecule has 0 N–H and O–H groups in total. The summed E-state index contributed by atoms with van der Waals surface area (Å²) in [6.07, 6.45) is 1.61. The van der Waals surface area contributed by atoms with Crippen LogP contribution < -0.4 is 5.56 Å². The largest absolute Gasteiger partial charge is 0.334 e. The normalized spacial score (nSPS) is 11.1. The fraction of sp³-hybridized carbons (Fsp3) is 0. The predicted molar refractivity (Wildman–Crippen MR) is 116 cm³/mol. The van der Waals surface area contributed by atoms with E-state index in [1.807, 2.05) is 36.4 Å². The molecule has 5 aromatic rings. The van der Waals surface area contributed by atoms with E-state index in [9.17, 15) is 9.18 Å². The first-order chi connectivity index (χ1) is 14.6. The molecule has 0 saturated heterocycles. The minimum Gasteiger partial charge on any atom is -0.334 e. The molecule has 2 heterocycles. The van der Waals surface area contributed by atoms with Gasteiger partial charge < -0.3 is 4.52 Å². The summed E-state index contributed by atoms with van der Waals surface area (Å²) in [6, 6.07) is 20.6. The second-order valence-electron chi connectivity index (χ2n) is 6.65. The molecule has 0 unspecified atom stereocenters. The van der Waals surface area contributed by atoms with Crippen molar-refractivity contribution < 1.29 is 8.91 Å². The van der Waals surface area contributed by atoms with E-state index in [0.717, 1.165) is 10.0 Å². The molecule has 5 rings (SSSR count). The molecule has 0 atom stereocenters. The summed E-state index contributed by atoms with van der Waals surface area (Å²) in [5, 5.41) is 5.26. The van der Waals surface area contributed by atoms with Crippen LogP contribution in [0.3, 0.4) is 0 Å². The fourth-order valence-electron chi connectivity index (χ4n) is 3.36. The van der Waals surface area contributed by atoms with Crippen LogP contribution in [0.25, 0.3) is 39.3 Å². The Morgan fingerprint density at radius 1 is 0.900 bits per heavy atom. The second-order valence-corrected chi connectivity index (χ2v) is 7.50. The van der Waals surface area contributed by atoms with Crippen LogP contribution in [-0.2, 0) is 0 Å². The van der Waals surface area contributed by atoms with E-state index < -0.39 is 5.82 Å². The van der Waals surface area contributed by atoms with E-state index in [-0.39, 0.29) is 11.4 Å². The number of benzene rings is 3. The highest BCUT2D eigenvalue weighted by Gasteiger charge is 2.18. The minimum absolute atomic E-state index is 0.259. The van der Waals surface area contributed by atoms with Crippen LogP contribution in [0.15, 0.2) is 92.8 Å². The molecule has 0 spiro atoms. The Balaban J connectivity index is 1.75. The Bertz CT molecular complexity index is 1460. The van der Waals surface area contributed by atoms with Gasteiger partial charge in [-0.3, -0.25) is 9.36 Å². The monoisotopic (exact) mass is 461 g/mol. The summed E-state index contributed by atoms with van der Waals surface area (Å²) >= 11 is 3.49. The van der Waals surface area contributed by atoms with Gasteiger partial charge in [-0.1, -0.05) is 57.5 Å². The summed E-state index contributed by atoms with van der Waals surface area (Å²) in [6.45, 7) is 0. The molecular weight excluding hydrogens is 449 g/mol. The highest BCUT2D eigenvalue weighted by Crippen LogP contribution is 2.31. The lowest BCUT2D eigenvalue weighted by molar-refractivity contribution is 0.432. The van der Waals surface area contributed by atoms with E-state index in [1.54, 1.807) is 30.5 Å². The highest BCUT2D eigenvalue weighted by atomic mass is 79.9. The minimum atomic E-state index is -0.428. The fourth-order valence-corrected chi connectivity index (χ4v) is 3.83. The third-order valence-corrected chi connectivity index (χ3v) is 5.47. The number of pyridine rings is 1. The molecule has 0 radical (unpaired) electrons. The number of halogens is 2. The lowest BCUT2D eigenvalue weighted by Gasteiger charge is -2.10. The first kappa shape index (κ1) is 18.4. The van der Waals surface area contributed by atoms with Crippen molar-refractivity contribution in [1.82, 2.24) is 14.7 Å². The zero-order chi connectivity index (χ0) is 20.7. The average molecular weight is 462 g/mol. The number of hydrogen-bond acceptors (Lipinski definition) is 4. The number of rotatable bonds is 3. The van der Waals surface area contributed by atoms with Crippen LogP contribution in [0.1, 0.15) is 0 Å². The van der Waals surface area contributed by atoms with Gasteiger partial charge in [-0.25, -0.2) is 4.39 Å². The van der Waals surface area contributed by atoms with E-state index in [2.05, 4.69) is 26.1 Å². The highest BCUT2D eigenvalue weighted by molar-refractivity contribution is 9.10. The van der Waals surface area contributed by atoms with Crippen molar-refractivity contribution in [2.45, 2.75) is 0 Å². The van der Waals surface area contributed by atoms with E-state index in [0.29, 0.717) is 27.8 Å². The SMILES string of the molecule is O=c1c2ccccc2c(-c2nc(-c3ccccc3Br)no2)cn1-c1cccc(F)c1. The molecule has 7 heteroatoms. The van der Waals surface area contributed by atoms with Gasteiger partial charge in [0.05, 0.1) is 11.3 Å². The molecule has 146 valence electrons. The van der Waals surface area contributed by atoms with Crippen molar-refractivity contribution >= 4 is 26.7 Å². The van der Waals surface area contributed by atoms with E-state index >= 15 is 0 Å². The average Bonchev–Trinajstić information content (AvgIpc) is 3.24. The summed E-state index contributed by atoms with van der Waals surface area (Å²) in [4.78, 5) is 17.6. The number of nitrogens with zero attached hydrogens (tertiary/aromatic N) is 3. The molecule has 0 aliphatic heterocycles. The number of hydrogen-bond donors (Lipinski definition) is 0. The topological polar surface area (TPSA) is 60.9 Å². The smallest absolute Gasteiger partial charge is 0.262 e. The quantitative estimate of drug-likeness (QED) is 0.350.